The van der Waals surface area contributed by atoms with Crippen LogP contribution < -0.4 is 4.90 Å². The highest BCUT2D eigenvalue weighted by Crippen LogP contribution is 2.26. The van der Waals surface area contributed by atoms with Crippen molar-refractivity contribution in [3.05, 3.63) is 65.9 Å². The Labute approximate surface area is 200 Å². The highest BCUT2D eigenvalue weighted by molar-refractivity contribution is 5.94. The minimum Gasteiger partial charge on any atom is -0.338 e. The van der Waals surface area contributed by atoms with Crippen LogP contribution in [0.2, 0.25) is 0 Å². The second-order valence-corrected chi connectivity index (χ2v) is 9.54. The third-order valence-corrected chi connectivity index (χ3v) is 7.55. The molecule has 1 saturated carbocycles. The fourth-order valence-corrected chi connectivity index (χ4v) is 5.19. The SMILES string of the molecule is O=C(c1ccc(-n2cccc2)nc1)N1CCc2cnc(N3CCN(C4CCC4)CC3)nc2CC1. The van der Waals surface area contributed by atoms with Gasteiger partial charge in [0.1, 0.15) is 5.82 Å². The van der Waals surface area contributed by atoms with Crippen LogP contribution in [0.25, 0.3) is 5.82 Å². The summed E-state index contributed by atoms with van der Waals surface area (Å²) in [6, 6.07) is 8.48. The maximum Gasteiger partial charge on any atom is 0.255 e. The molecule has 0 bridgehead atoms. The predicted octanol–water partition coefficient (Wildman–Crippen LogP) is 2.58. The Balaban J connectivity index is 1.09. The number of fused-ring (bicyclic) bond motifs is 1. The Kier molecular flexibility index (Phi) is 5.74. The minimum atomic E-state index is 0.0275. The van der Waals surface area contributed by atoms with Crippen LogP contribution in [0.15, 0.2) is 49.1 Å². The van der Waals surface area contributed by atoms with E-state index in [2.05, 4.69) is 14.8 Å². The molecule has 1 amide bonds. The lowest BCUT2D eigenvalue weighted by Crippen LogP contribution is -2.52. The summed E-state index contributed by atoms with van der Waals surface area (Å²) in [6.45, 7) is 5.53. The molecule has 0 atom stereocenters. The fourth-order valence-electron chi connectivity index (χ4n) is 5.19. The van der Waals surface area contributed by atoms with Crippen LogP contribution in [0.3, 0.4) is 0 Å². The Bertz CT molecular complexity index is 1130. The van der Waals surface area contributed by atoms with Crippen molar-refractivity contribution in [1.29, 1.82) is 0 Å². The third-order valence-electron chi connectivity index (χ3n) is 7.55. The van der Waals surface area contributed by atoms with Crippen molar-refractivity contribution in [2.75, 3.05) is 44.2 Å². The topological polar surface area (TPSA) is 70.4 Å². The number of hydrogen-bond donors (Lipinski definition) is 0. The molecule has 0 N–H and O–H groups in total. The quantitative estimate of drug-likeness (QED) is 0.600. The molecule has 1 aliphatic carbocycles. The molecule has 3 aromatic heterocycles. The van der Waals surface area contributed by atoms with Gasteiger partial charge >= 0.3 is 0 Å². The number of pyridine rings is 1. The molecule has 0 unspecified atom stereocenters. The molecule has 34 heavy (non-hydrogen) atoms. The Morgan fingerprint density at radius 1 is 0.882 bits per heavy atom. The first-order chi connectivity index (χ1) is 16.7. The highest BCUT2D eigenvalue weighted by atomic mass is 16.2. The summed E-state index contributed by atoms with van der Waals surface area (Å²) in [7, 11) is 0. The molecule has 0 radical (unpaired) electrons. The van der Waals surface area contributed by atoms with Gasteiger partial charge in [-0.25, -0.2) is 15.0 Å². The first kappa shape index (κ1) is 21.3. The molecule has 0 spiro atoms. The van der Waals surface area contributed by atoms with Gasteiger partial charge in [0.25, 0.3) is 5.91 Å². The number of nitrogens with zero attached hydrogens (tertiary/aromatic N) is 7. The summed E-state index contributed by atoms with van der Waals surface area (Å²) in [5, 5.41) is 0. The number of amides is 1. The van der Waals surface area contributed by atoms with Gasteiger partial charge in [-0.3, -0.25) is 9.69 Å². The normalized spacial score (nSPS) is 19.4. The van der Waals surface area contributed by atoms with Gasteiger partial charge < -0.3 is 14.4 Å². The molecule has 6 rings (SSSR count). The molecule has 8 nitrogen and oxygen atoms in total. The maximum atomic E-state index is 13.2. The van der Waals surface area contributed by atoms with Gasteiger partial charge in [0.15, 0.2) is 0 Å². The smallest absolute Gasteiger partial charge is 0.255 e. The first-order valence-electron chi connectivity index (χ1n) is 12.5. The number of rotatable bonds is 4. The number of carbonyl (C=O) groups is 1. The van der Waals surface area contributed by atoms with Crippen LogP contribution in [-0.2, 0) is 12.8 Å². The molecule has 5 heterocycles. The molecule has 0 aromatic carbocycles. The monoisotopic (exact) mass is 457 g/mol. The van der Waals surface area contributed by atoms with Gasteiger partial charge in [0.05, 0.1) is 11.3 Å². The summed E-state index contributed by atoms with van der Waals surface area (Å²) < 4.78 is 1.93. The van der Waals surface area contributed by atoms with E-state index in [9.17, 15) is 4.79 Å². The van der Waals surface area contributed by atoms with Crippen molar-refractivity contribution in [2.45, 2.75) is 38.1 Å². The van der Waals surface area contributed by atoms with Crippen molar-refractivity contribution < 1.29 is 4.79 Å². The van der Waals surface area contributed by atoms with Gasteiger partial charge in [0.2, 0.25) is 5.95 Å². The van der Waals surface area contributed by atoms with Crippen molar-refractivity contribution in [3.63, 3.8) is 0 Å². The van der Waals surface area contributed by atoms with Gasteiger partial charge in [-0.2, -0.15) is 0 Å². The fraction of sp³-hybridized carbons (Fsp3) is 0.462. The van der Waals surface area contributed by atoms with E-state index in [1.165, 1.54) is 19.3 Å². The molecule has 1 saturated heterocycles. The van der Waals surface area contributed by atoms with Crippen molar-refractivity contribution in [3.8, 4) is 5.82 Å². The summed E-state index contributed by atoms with van der Waals surface area (Å²) >= 11 is 0. The van der Waals surface area contributed by atoms with E-state index in [0.29, 0.717) is 18.7 Å². The van der Waals surface area contributed by atoms with Crippen molar-refractivity contribution in [1.82, 2.24) is 29.3 Å². The number of aromatic nitrogens is 4. The van der Waals surface area contributed by atoms with E-state index in [1.54, 1.807) is 6.20 Å². The molecule has 3 aliphatic rings. The predicted molar refractivity (Wildman–Crippen MR) is 130 cm³/mol. The van der Waals surface area contributed by atoms with Crippen LogP contribution in [-0.4, -0.2) is 80.5 Å². The lowest BCUT2D eigenvalue weighted by molar-refractivity contribution is 0.0762. The van der Waals surface area contributed by atoms with E-state index in [4.69, 9.17) is 9.97 Å². The van der Waals surface area contributed by atoms with E-state index in [1.807, 2.05) is 52.3 Å². The highest BCUT2D eigenvalue weighted by Gasteiger charge is 2.29. The van der Waals surface area contributed by atoms with Crippen LogP contribution in [0.5, 0.6) is 0 Å². The molecule has 176 valence electrons. The molecule has 2 fully saturated rings. The average Bonchev–Trinajstić information content (AvgIpc) is 3.30. The maximum absolute atomic E-state index is 13.2. The van der Waals surface area contributed by atoms with E-state index in [-0.39, 0.29) is 5.91 Å². The average molecular weight is 458 g/mol. The van der Waals surface area contributed by atoms with Crippen LogP contribution in [0.1, 0.15) is 40.9 Å². The van der Waals surface area contributed by atoms with Crippen molar-refractivity contribution >= 4 is 11.9 Å². The summed E-state index contributed by atoms with van der Waals surface area (Å²) in [4.78, 5) is 34.2. The van der Waals surface area contributed by atoms with E-state index in [0.717, 1.165) is 68.1 Å². The minimum absolute atomic E-state index is 0.0275. The van der Waals surface area contributed by atoms with Crippen LogP contribution in [0, 0.1) is 0 Å². The van der Waals surface area contributed by atoms with E-state index >= 15 is 0 Å². The molecule has 8 heteroatoms. The molecular formula is C26H31N7O. The zero-order chi connectivity index (χ0) is 22.9. The van der Waals surface area contributed by atoms with Crippen LogP contribution in [0.4, 0.5) is 5.95 Å². The third kappa shape index (κ3) is 4.18. The number of anilines is 1. The molecular weight excluding hydrogens is 426 g/mol. The first-order valence-corrected chi connectivity index (χ1v) is 12.5. The van der Waals surface area contributed by atoms with E-state index < -0.39 is 0 Å². The Hall–Kier alpha value is -3.26. The Morgan fingerprint density at radius 3 is 2.38 bits per heavy atom. The lowest BCUT2D eigenvalue weighted by Gasteiger charge is -2.43. The molecule has 3 aromatic rings. The second-order valence-electron chi connectivity index (χ2n) is 9.54. The standard InChI is InChI=1S/C26H31N7O/c34-25(21-6-7-24(27-19-21)31-10-1-2-11-31)32-12-8-20-18-28-26(29-23(20)9-13-32)33-16-14-30(15-17-33)22-4-3-5-22/h1-2,6-7,10-11,18-19,22H,3-5,8-9,12-17H2. The largest absolute Gasteiger partial charge is 0.338 e. The van der Waals surface area contributed by atoms with Gasteiger partial charge in [0, 0.05) is 76.5 Å². The summed E-state index contributed by atoms with van der Waals surface area (Å²) in [5.41, 5.74) is 2.87. The second kappa shape index (κ2) is 9.18. The summed E-state index contributed by atoms with van der Waals surface area (Å²) in [6.07, 6.45) is 13.2. The van der Waals surface area contributed by atoms with Gasteiger partial charge in [-0.05, 0) is 49.1 Å². The zero-order valence-corrected chi connectivity index (χ0v) is 19.5. The van der Waals surface area contributed by atoms with Crippen molar-refractivity contribution in [2.24, 2.45) is 0 Å². The van der Waals surface area contributed by atoms with Gasteiger partial charge in [-0.1, -0.05) is 6.42 Å². The Morgan fingerprint density at radius 2 is 1.68 bits per heavy atom. The van der Waals surface area contributed by atoms with Crippen LogP contribution >= 0.6 is 0 Å². The number of hydrogen-bond acceptors (Lipinski definition) is 6. The van der Waals surface area contributed by atoms with Gasteiger partial charge in [-0.15, -0.1) is 0 Å². The lowest BCUT2D eigenvalue weighted by atomic mass is 9.91. The number of carbonyl (C=O) groups excluding carboxylic acids is 1. The number of piperazine rings is 1. The zero-order valence-electron chi connectivity index (χ0n) is 19.5. The summed E-state index contributed by atoms with van der Waals surface area (Å²) in [5.74, 6) is 1.68. The molecule has 2 aliphatic heterocycles.